The molecule has 0 aliphatic carbocycles. The van der Waals surface area contributed by atoms with Gasteiger partial charge in [-0.2, -0.15) is 13.2 Å². The molecule has 0 radical (unpaired) electrons. The van der Waals surface area contributed by atoms with E-state index < -0.39 is 11.7 Å². The van der Waals surface area contributed by atoms with Crippen LogP contribution in [-0.2, 0) is 12.7 Å². The van der Waals surface area contributed by atoms with E-state index >= 15 is 0 Å². The van der Waals surface area contributed by atoms with Crippen LogP contribution in [0.3, 0.4) is 0 Å². The third-order valence-electron chi connectivity index (χ3n) is 6.13. The minimum Gasteiger partial charge on any atom is -0.356 e. The lowest BCUT2D eigenvalue weighted by Crippen LogP contribution is -2.47. The standard InChI is InChI=1S/C22H34F3N5.HI/c1-3-29-11-4-5-18(15-29)13-27-21(26-2)28-20-10-12-30(16-20)14-17-6-8-19(9-7-17)22(23,24)25;/h6-9,18,20H,3-5,10-16H2,1-2H3,(H2,26,27,28);1H. The molecule has 3 rings (SSSR count). The lowest BCUT2D eigenvalue weighted by Gasteiger charge is -2.32. The molecule has 31 heavy (non-hydrogen) atoms. The summed E-state index contributed by atoms with van der Waals surface area (Å²) in [6.45, 7) is 9.04. The van der Waals surface area contributed by atoms with Crippen LogP contribution in [0.2, 0.25) is 0 Å². The van der Waals surface area contributed by atoms with Gasteiger partial charge in [0.05, 0.1) is 5.56 Å². The van der Waals surface area contributed by atoms with Crippen molar-refractivity contribution in [3.63, 3.8) is 0 Å². The van der Waals surface area contributed by atoms with E-state index in [2.05, 4.69) is 32.3 Å². The number of benzene rings is 1. The highest BCUT2D eigenvalue weighted by molar-refractivity contribution is 14.0. The van der Waals surface area contributed by atoms with E-state index in [1.807, 2.05) is 0 Å². The van der Waals surface area contributed by atoms with E-state index in [1.54, 1.807) is 19.2 Å². The highest BCUT2D eigenvalue weighted by Gasteiger charge is 2.30. The molecular weight excluding hydrogens is 518 g/mol. The molecule has 176 valence electrons. The Bertz CT molecular complexity index is 695. The maximum absolute atomic E-state index is 12.7. The summed E-state index contributed by atoms with van der Waals surface area (Å²) in [4.78, 5) is 9.15. The summed E-state index contributed by atoms with van der Waals surface area (Å²) < 4.78 is 38.1. The minimum atomic E-state index is -4.28. The van der Waals surface area contributed by atoms with Crippen molar-refractivity contribution in [2.24, 2.45) is 10.9 Å². The van der Waals surface area contributed by atoms with Crippen LogP contribution in [0.1, 0.15) is 37.3 Å². The highest BCUT2D eigenvalue weighted by atomic mass is 127. The van der Waals surface area contributed by atoms with Gasteiger partial charge >= 0.3 is 6.18 Å². The summed E-state index contributed by atoms with van der Waals surface area (Å²) in [6.07, 6.45) is -0.774. The molecule has 0 bridgehead atoms. The van der Waals surface area contributed by atoms with Gasteiger partial charge in [-0.05, 0) is 56.0 Å². The Morgan fingerprint density at radius 3 is 2.48 bits per heavy atom. The predicted molar refractivity (Wildman–Crippen MR) is 130 cm³/mol. The first-order chi connectivity index (χ1) is 14.4. The molecule has 2 heterocycles. The van der Waals surface area contributed by atoms with Crippen LogP contribution in [0.25, 0.3) is 0 Å². The van der Waals surface area contributed by atoms with Gasteiger partial charge in [0, 0.05) is 45.8 Å². The van der Waals surface area contributed by atoms with E-state index in [0.29, 0.717) is 18.5 Å². The smallest absolute Gasteiger partial charge is 0.356 e. The van der Waals surface area contributed by atoms with Crippen molar-refractivity contribution in [1.82, 2.24) is 20.4 Å². The molecule has 0 saturated carbocycles. The number of halogens is 4. The number of rotatable bonds is 6. The zero-order chi connectivity index (χ0) is 21.6. The molecule has 1 aromatic carbocycles. The van der Waals surface area contributed by atoms with Crippen molar-refractivity contribution in [3.8, 4) is 0 Å². The third-order valence-corrected chi connectivity index (χ3v) is 6.13. The molecule has 0 aromatic heterocycles. The number of piperidine rings is 1. The third kappa shape index (κ3) is 8.09. The monoisotopic (exact) mass is 553 g/mol. The molecule has 2 unspecified atom stereocenters. The second kappa shape index (κ2) is 12.2. The number of aliphatic imine (C=N–C) groups is 1. The number of hydrogen-bond donors (Lipinski definition) is 2. The Hall–Kier alpha value is -1.07. The first-order valence-corrected chi connectivity index (χ1v) is 11.0. The maximum atomic E-state index is 12.7. The van der Waals surface area contributed by atoms with Crippen molar-refractivity contribution in [2.75, 3.05) is 46.3 Å². The van der Waals surface area contributed by atoms with Crippen LogP contribution < -0.4 is 10.6 Å². The van der Waals surface area contributed by atoms with Crippen LogP contribution in [0.5, 0.6) is 0 Å². The predicted octanol–water partition coefficient (Wildman–Crippen LogP) is 3.79. The molecule has 0 amide bonds. The Balaban J connectivity index is 0.00000341. The molecule has 2 saturated heterocycles. The molecule has 2 atom stereocenters. The number of guanidine groups is 1. The van der Waals surface area contributed by atoms with Crippen molar-refractivity contribution in [2.45, 2.75) is 44.9 Å². The Kier molecular flexibility index (Phi) is 10.3. The Morgan fingerprint density at radius 1 is 1.10 bits per heavy atom. The van der Waals surface area contributed by atoms with Gasteiger partial charge in [-0.25, -0.2) is 0 Å². The second-order valence-corrected chi connectivity index (χ2v) is 8.41. The summed E-state index contributed by atoms with van der Waals surface area (Å²) in [6, 6.07) is 5.78. The van der Waals surface area contributed by atoms with Crippen molar-refractivity contribution in [1.29, 1.82) is 0 Å². The molecule has 2 fully saturated rings. The number of nitrogens with one attached hydrogen (secondary N) is 2. The average Bonchev–Trinajstić information content (AvgIpc) is 3.17. The topological polar surface area (TPSA) is 42.9 Å². The molecular formula is C22H35F3IN5. The summed E-state index contributed by atoms with van der Waals surface area (Å²) in [7, 11) is 1.80. The first-order valence-electron chi connectivity index (χ1n) is 11.0. The summed E-state index contributed by atoms with van der Waals surface area (Å²) in [5.41, 5.74) is 0.311. The van der Waals surface area contributed by atoms with Crippen LogP contribution in [0.4, 0.5) is 13.2 Å². The molecule has 9 heteroatoms. The normalized spacial score (nSPS) is 23.5. The minimum absolute atomic E-state index is 0. The fourth-order valence-corrected chi connectivity index (χ4v) is 4.39. The molecule has 0 spiro atoms. The van der Waals surface area contributed by atoms with Gasteiger partial charge in [-0.3, -0.25) is 9.89 Å². The van der Waals surface area contributed by atoms with Gasteiger partial charge in [0.2, 0.25) is 0 Å². The number of hydrogen-bond acceptors (Lipinski definition) is 3. The van der Waals surface area contributed by atoms with Gasteiger partial charge in [-0.1, -0.05) is 19.1 Å². The lowest BCUT2D eigenvalue weighted by atomic mass is 9.98. The van der Waals surface area contributed by atoms with E-state index in [1.165, 1.54) is 19.4 Å². The van der Waals surface area contributed by atoms with Crippen LogP contribution >= 0.6 is 24.0 Å². The number of nitrogens with zero attached hydrogens (tertiary/aromatic N) is 3. The van der Waals surface area contributed by atoms with Crippen molar-refractivity contribution >= 4 is 29.9 Å². The molecule has 2 aliphatic heterocycles. The summed E-state index contributed by atoms with van der Waals surface area (Å²) >= 11 is 0. The molecule has 2 aliphatic rings. The first kappa shape index (κ1) is 26.2. The van der Waals surface area contributed by atoms with E-state index in [-0.39, 0.29) is 24.0 Å². The van der Waals surface area contributed by atoms with Gasteiger partial charge in [-0.15, -0.1) is 24.0 Å². The van der Waals surface area contributed by atoms with Crippen molar-refractivity contribution in [3.05, 3.63) is 35.4 Å². The molecule has 2 N–H and O–H groups in total. The number of alkyl halides is 3. The summed E-state index contributed by atoms with van der Waals surface area (Å²) in [5, 5.41) is 6.99. The maximum Gasteiger partial charge on any atom is 0.416 e. The quantitative estimate of drug-likeness (QED) is 0.320. The lowest BCUT2D eigenvalue weighted by molar-refractivity contribution is -0.137. The largest absolute Gasteiger partial charge is 0.416 e. The molecule has 1 aromatic rings. The van der Waals surface area contributed by atoms with Gasteiger partial charge in [0.15, 0.2) is 5.96 Å². The van der Waals surface area contributed by atoms with Gasteiger partial charge in [0.1, 0.15) is 0 Å². The highest BCUT2D eigenvalue weighted by Crippen LogP contribution is 2.29. The fourth-order valence-electron chi connectivity index (χ4n) is 4.39. The molecule has 5 nitrogen and oxygen atoms in total. The van der Waals surface area contributed by atoms with E-state index in [9.17, 15) is 13.2 Å². The van der Waals surface area contributed by atoms with Crippen LogP contribution in [-0.4, -0.2) is 68.1 Å². The van der Waals surface area contributed by atoms with Crippen LogP contribution in [0, 0.1) is 5.92 Å². The van der Waals surface area contributed by atoms with E-state index in [4.69, 9.17) is 0 Å². The second-order valence-electron chi connectivity index (χ2n) is 8.41. The number of likely N-dealkylation sites (tertiary alicyclic amines) is 2. The van der Waals surface area contributed by atoms with Gasteiger partial charge < -0.3 is 15.5 Å². The zero-order valence-corrected chi connectivity index (χ0v) is 20.7. The Labute approximate surface area is 200 Å². The van der Waals surface area contributed by atoms with Gasteiger partial charge in [0.25, 0.3) is 0 Å². The zero-order valence-electron chi connectivity index (χ0n) is 18.4. The van der Waals surface area contributed by atoms with Crippen LogP contribution in [0.15, 0.2) is 29.3 Å². The average molecular weight is 553 g/mol. The fraction of sp³-hybridized carbons (Fsp3) is 0.682. The Morgan fingerprint density at radius 2 is 1.84 bits per heavy atom. The van der Waals surface area contributed by atoms with E-state index in [0.717, 1.165) is 62.8 Å². The SMILES string of the molecule is CCN1CCCC(CNC(=NC)NC2CCN(Cc3ccc(C(F)(F)F)cc3)C2)C1.I. The van der Waals surface area contributed by atoms with Crippen molar-refractivity contribution < 1.29 is 13.2 Å². The summed E-state index contributed by atoms with van der Waals surface area (Å²) in [5.74, 6) is 1.49.